The standard InChI is InChI=1S/C16H12ClF2N5O2/c1-26-14-5-2-9(17)6-11(14)16(25)20-8-15-21-22-23-24(15)10-3-4-12(18)13(19)7-10/h2-7H,8H2,1H3,(H,20,25). The van der Waals surface area contributed by atoms with E-state index in [4.69, 9.17) is 16.3 Å². The molecule has 0 bridgehead atoms. The number of ether oxygens (including phenoxy) is 1. The van der Waals surface area contributed by atoms with E-state index < -0.39 is 17.5 Å². The number of hydrogen-bond donors (Lipinski definition) is 1. The molecular weight excluding hydrogens is 368 g/mol. The van der Waals surface area contributed by atoms with Crippen molar-refractivity contribution in [3.8, 4) is 11.4 Å². The molecule has 3 rings (SSSR count). The SMILES string of the molecule is COc1ccc(Cl)cc1C(=O)NCc1nnnn1-c1ccc(F)c(F)c1. The first-order valence-corrected chi connectivity index (χ1v) is 7.72. The molecule has 1 N–H and O–H groups in total. The molecule has 26 heavy (non-hydrogen) atoms. The van der Waals surface area contributed by atoms with Crippen molar-refractivity contribution in [1.29, 1.82) is 0 Å². The highest BCUT2D eigenvalue weighted by Crippen LogP contribution is 2.22. The highest BCUT2D eigenvalue weighted by Gasteiger charge is 2.16. The number of nitrogens with one attached hydrogen (secondary N) is 1. The third kappa shape index (κ3) is 3.62. The van der Waals surface area contributed by atoms with Gasteiger partial charge in [0.2, 0.25) is 0 Å². The Morgan fingerprint density at radius 3 is 2.77 bits per heavy atom. The van der Waals surface area contributed by atoms with E-state index in [1.54, 1.807) is 12.1 Å². The first-order valence-electron chi connectivity index (χ1n) is 7.34. The number of halogens is 3. The Kier molecular flexibility index (Phi) is 5.08. The van der Waals surface area contributed by atoms with Crippen LogP contribution >= 0.6 is 11.6 Å². The number of rotatable bonds is 5. The van der Waals surface area contributed by atoms with Gasteiger partial charge in [-0.15, -0.1) is 5.10 Å². The van der Waals surface area contributed by atoms with Gasteiger partial charge in [0.25, 0.3) is 5.91 Å². The van der Waals surface area contributed by atoms with Gasteiger partial charge < -0.3 is 10.1 Å². The van der Waals surface area contributed by atoms with E-state index >= 15 is 0 Å². The van der Waals surface area contributed by atoms with Crippen LogP contribution in [0.15, 0.2) is 36.4 Å². The third-order valence-corrected chi connectivity index (χ3v) is 3.73. The van der Waals surface area contributed by atoms with E-state index in [1.165, 1.54) is 23.9 Å². The Morgan fingerprint density at radius 1 is 1.23 bits per heavy atom. The van der Waals surface area contributed by atoms with Crippen molar-refractivity contribution >= 4 is 17.5 Å². The summed E-state index contributed by atoms with van der Waals surface area (Å²) in [6, 6.07) is 7.88. The molecule has 0 aliphatic heterocycles. The topological polar surface area (TPSA) is 81.9 Å². The maximum atomic E-state index is 13.4. The molecule has 2 aromatic carbocycles. The minimum Gasteiger partial charge on any atom is -0.496 e. The average Bonchev–Trinajstić information content (AvgIpc) is 3.10. The smallest absolute Gasteiger partial charge is 0.255 e. The van der Waals surface area contributed by atoms with E-state index in [9.17, 15) is 13.6 Å². The zero-order chi connectivity index (χ0) is 18.7. The van der Waals surface area contributed by atoms with Gasteiger partial charge in [0.05, 0.1) is 24.9 Å². The summed E-state index contributed by atoms with van der Waals surface area (Å²) in [6.45, 7) is -0.0551. The Labute approximate surface area is 151 Å². The molecule has 0 saturated carbocycles. The predicted octanol–water partition coefficient (Wildman–Crippen LogP) is 2.53. The largest absolute Gasteiger partial charge is 0.496 e. The Hall–Kier alpha value is -3.07. The normalized spacial score (nSPS) is 10.6. The highest BCUT2D eigenvalue weighted by atomic mass is 35.5. The van der Waals surface area contributed by atoms with Crippen molar-refractivity contribution in [2.75, 3.05) is 7.11 Å². The lowest BCUT2D eigenvalue weighted by molar-refractivity contribution is 0.0946. The first kappa shape index (κ1) is 17.7. The number of carbonyl (C=O) groups is 1. The predicted molar refractivity (Wildman–Crippen MR) is 88.2 cm³/mol. The maximum Gasteiger partial charge on any atom is 0.255 e. The van der Waals surface area contributed by atoms with Crippen LogP contribution in [0.1, 0.15) is 16.2 Å². The van der Waals surface area contributed by atoms with Gasteiger partial charge in [-0.2, -0.15) is 4.68 Å². The maximum absolute atomic E-state index is 13.4. The molecule has 1 heterocycles. The molecule has 1 aromatic heterocycles. The van der Waals surface area contributed by atoms with Crippen LogP contribution in [0.4, 0.5) is 8.78 Å². The summed E-state index contributed by atoms with van der Waals surface area (Å²) in [4.78, 5) is 12.4. The molecule has 10 heteroatoms. The Balaban J connectivity index is 1.79. The van der Waals surface area contributed by atoms with E-state index in [1.807, 2.05) is 0 Å². The molecule has 0 spiro atoms. The third-order valence-electron chi connectivity index (χ3n) is 3.50. The summed E-state index contributed by atoms with van der Waals surface area (Å²) < 4.78 is 32.8. The van der Waals surface area contributed by atoms with Gasteiger partial charge in [-0.05, 0) is 40.8 Å². The number of carbonyl (C=O) groups excluding carboxylic acids is 1. The number of benzene rings is 2. The van der Waals surface area contributed by atoms with Crippen molar-refractivity contribution < 1.29 is 18.3 Å². The van der Waals surface area contributed by atoms with E-state index in [0.717, 1.165) is 12.1 Å². The zero-order valence-electron chi connectivity index (χ0n) is 13.4. The summed E-state index contributed by atoms with van der Waals surface area (Å²) in [6.07, 6.45) is 0. The molecule has 0 unspecified atom stereocenters. The molecule has 0 radical (unpaired) electrons. The van der Waals surface area contributed by atoms with Gasteiger partial charge in [0.15, 0.2) is 17.5 Å². The Bertz CT molecular complexity index is 964. The van der Waals surface area contributed by atoms with Gasteiger partial charge >= 0.3 is 0 Å². The monoisotopic (exact) mass is 379 g/mol. The molecule has 0 fully saturated rings. The quantitative estimate of drug-likeness (QED) is 0.736. The minimum atomic E-state index is -1.03. The van der Waals surface area contributed by atoms with Crippen LogP contribution in [0.5, 0.6) is 5.75 Å². The fourth-order valence-corrected chi connectivity index (χ4v) is 2.42. The summed E-state index contributed by atoms with van der Waals surface area (Å²) in [5.74, 6) is -1.89. The molecule has 7 nitrogen and oxygen atoms in total. The molecule has 0 saturated heterocycles. The zero-order valence-corrected chi connectivity index (χ0v) is 14.2. The average molecular weight is 380 g/mol. The number of nitrogens with zero attached hydrogens (tertiary/aromatic N) is 4. The van der Waals surface area contributed by atoms with Crippen LogP contribution < -0.4 is 10.1 Å². The lowest BCUT2D eigenvalue weighted by Crippen LogP contribution is -2.25. The molecule has 134 valence electrons. The van der Waals surface area contributed by atoms with Crippen LogP contribution in [-0.2, 0) is 6.54 Å². The van der Waals surface area contributed by atoms with Crippen molar-refractivity contribution in [2.45, 2.75) is 6.54 Å². The second-order valence-corrected chi connectivity index (χ2v) is 5.57. The Morgan fingerprint density at radius 2 is 2.04 bits per heavy atom. The van der Waals surface area contributed by atoms with Crippen LogP contribution in [0, 0.1) is 11.6 Å². The van der Waals surface area contributed by atoms with E-state index in [0.29, 0.717) is 10.8 Å². The van der Waals surface area contributed by atoms with Crippen molar-refractivity contribution in [3.63, 3.8) is 0 Å². The minimum absolute atomic E-state index is 0.0551. The van der Waals surface area contributed by atoms with Crippen molar-refractivity contribution in [2.24, 2.45) is 0 Å². The second kappa shape index (κ2) is 7.44. The second-order valence-electron chi connectivity index (χ2n) is 5.13. The fraction of sp³-hybridized carbons (Fsp3) is 0.125. The lowest BCUT2D eigenvalue weighted by Gasteiger charge is -2.10. The fourth-order valence-electron chi connectivity index (χ4n) is 2.25. The molecule has 0 aliphatic carbocycles. The number of hydrogen-bond acceptors (Lipinski definition) is 5. The van der Waals surface area contributed by atoms with Crippen LogP contribution in [0.25, 0.3) is 5.69 Å². The highest BCUT2D eigenvalue weighted by molar-refractivity contribution is 6.31. The number of methoxy groups -OCH3 is 1. The molecular formula is C16H12ClF2N5O2. The van der Waals surface area contributed by atoms with Gasteiger partial charge in [-0.1, -0.05) is 11.6 Å². The van der Waals surface area contributed by atoms with Gasteiger partial charge in [0.1, 0.15) is 5.75 Å². The lowest BCUT2D eigenvalue weighted by atomic mass is 10.2. The molecule has 0 aliphatic rings. The van der Waals surface area contributed by atoms with Gasteiger partial charge in [0, 0.05) is 11.1 Å². The van der Waals surface area contributed by atoms with Crippen molar-refractivity contribution in [3.05, 3.63) is 64.4 Å². The van der Waals surface area contributed by atoms with E-state index in [2.05, 4.69) is 20.8 Å². The molecule has 0 atom stereocenters. The summed E-state index contributed by atoms with van der Waals surface area (Å²) >= 11 is 5.91. The van der Waals surface area contributed by atoms with Crippen LogP contribution in [0.3, 0.4) is 0 Å². The van der Waals surface area contributed by atoms with Crippen LogP contribution in [0.2, 0.25) is 5.02 Å². The first-order chi connectivity index (χ1) is 12.5. The molecule has 1 amide bonds. The number of aromatic nitrogens is 4. The number of tetrazole rings is 1. The van der Waals surface area contributed by atoms with Crippen molar-refractivity contribution in [1.82, 2.24) is 25.5 Å². The van der Waals surface area contributed by atoms with E-state index in [-0.39, 0.29) is 23.6 Å². The van der Waals surface area contributed by atoms with Crippen LogP contribution in [-0.4, -0.2) is 33.2 Å². The summed E-state index contributed by atoms with van der Waals surface area (Å²) in [5.41, 5.74) is 0.463. The van der Waals surface area contributed by atoms with Gasteiger partial charge in [-0.3, -0.25) is 4.79 Å². The number of amides is 1. The molecule has 3 aromatic rings. The van der Waals surface area contributed by atoms with Gasteiger partial charge in [-0.25, -0.2) is 8.78 Å². The summed E-state index contributed by atoms with van der Waals surface area (Å²) in [5, 5.41) is 14.0. The summed E-state index contributed by atoms with van der Waals surface area (Å²) in [7, 11) is 1.43.